The number of thiol groups is 1. The van der Waals surface area contributed by atoms with Gasteiger partial charge in [0.25, 0.3) is 0 Å². The Kier molecular flexibility index (Phi) is 2.29. The van der Waals surface area contributed by atoms with Crippen LogP contribution in [0.4, 0.5) is 0 Å². The van der Waals surface area contributed by atoms with E-state index >= 15 is 0 Å². The normalized spacial score (nSPS) is 10.9. The Hall–Kier alpha value is -1.95. The van der Waals surface area contributed by atoms with Crippen LogP contribution in [0, 0.1) is 6.92 Å². The van der Waals surface area contributed by atoms with Crippen LogP contribution >= 0.6 is 12.6 Å². The summed E-state index contributed by atoms with van der Waals surface area (Å²) in [5, 5.41) is 8.18. The number of rotatable bonds is 1. The molecular weight excluding hydrogens is 234 g/mol. The zero-order valence-electron chi connectivity index (χ0n) is 9.07. The lowest BCUT2D eigenvalue weighted by atomic mass is 10.3. The van der Waals surface area contributed by atoms with Crippen LogP contribution in [0.1, 0.15) is 5.82 Å². The summed E-state index contributed by atoms with van der Waals surface area (Å²) in [5.41, 5.74) is 1.73. The predicted octanol–water partition coefficient (Wildman–Crippen LogP) is 1.81. The molecule has 3 rings (SSSR count). The molecule has 5 nitrogen and oxygen atoms in total. The van der Waals surface area contributed by atoms with Crippen LogP contribution in [0.15, 0.2) is 35.4 Å². The molecule has 17 heavy (non-hydrogen) atoms. The van der Waals surface area contributed by atoms with Crippen molar-refractivity contribution in [2.24, 2.45) is 0 Å². The van der Waals surface area contributed by atoms with E-state index in [9.17, 15) is 0 Å². The van der Waals surface area contributed by atoms with Crippen molar-refractivity contribution in [2.45, 2.75) is 11.8 Å². The SMILES string of the molecule is Cc1ncc(S)c(-n2nnc3ccccc32)n1. The Morgan fingerprint density at radius 3 is 2.94 bits per heavy atom. The maximum Gasteiger partial charge on any atom is 0.172 e. The van der Waals surface area contributed by atoms with E-state index in [0.717, 1.165) is 11.0 Å². The largest absolute Gasteiger partial charge is 0.240 e. The Bertz CT molecular complexity index is 691. The Balaban J connectivity index is 2.31. The minimum Gasteiger partial charge on any atom is -0.240 e. The highest BCUT2D eigenvalue weighted by atomic mass is 32.1. The Labute approximate surface area is 103 Å². The molecule has 0 aliphatic carbocycles. The first-order valence-corrected chi connectivity index (χ1v) is 5.54. The molecule has 0 aliphatic rings. The van der Waals surface area contributed by atoms with E-state index in [1.54, 1.807) is 10.9 Å². The van der Waals surface area contributed by atoms with E-state index in [2.05, 4.69) is 32.9 Å². The first-order valence-electron chi connectivity index (χ1n) is 5.09. The van der Waals surface area contributed by atoms with Gasteiger partial charge >= 0.3 is 0 Å². The van der Waals surface area contributed by atoms with Gasteiger partial charge in [0.2, 0.25) is 0 Å². The average molecular weight is 243 g/mol. The lowest BCUT2D eigenvalue weighted by Gasteiger charge is -2.04. The number of nitrogens with zero attached hydrogens (tertiary/aromatic N) is 5. The van der Waals surface area contributed by atoms with E-state index in [4.69, 9.17) is 0 Å². The summed E-state index contributed by atoms with van der Waals surface area (Å²) < 4.78 is 1.67. The maximum absolute atomic E-state index is 4.34. The Morgan fingerprint density at radius 1 is 1.24 bits per heavy atom. The van der Waals surface area contributed by atoms with Crippen molar-refractivity contribution < 1.29 is 0 Å². The molecule has 0 N–H and O–H groups in total. The third-order valence-electron chi connectivity index (χ3n) is 2.42. The molecule has 0 saturated carbocycles. The smallest absolute Gasteiger partial charge is 0.172 e. The maximum atomic E-state index is 4.34. The highest BCUT2D eigenvalue weighted by molar-refractivity contribution is 7.80. The fourth-order valence-electron chi connectivity index (χ4n) is 1.63. The molecule has 0 saturated heterocycles. The van der Waals surface area contributed by atoms with Crippen LogP contribution < -0.4 is 0 Å². The molecule has 0 amide bonds. The molecule has 0 atom stereocenters. The minimum absolute atomic E-state index is 0.648. The van der Waals surface area contributed by atoms with Crippen LogP contribution in [-0.4, -0.2) is 25.0 Å². The summed E-state index contributed by atoms with van der Waals surface area (Å²) in [6.45, 7) is 1.83. The predicted molar refractivity (Wildman–Crippen MR) is 66.4 cm³/mol. The van der Waals surface area contributed by atoms with Gasteiger partial charge in [-0.2, -0.15) is 4.68 Å². The second-order valence-electron chi connectivity index (χ2n) is 3.62. The van der Waals surface area contributed by atoms with Gasteiger partial charge < -0.3 is 0 Å². The molecule has 0 radical (unpaired) electrons. The van der Waals surface area contributed by atoms with E-state index in [0.29, 0.717) is 16.5 Å². The van der Waals surface area contributed by atoms with E-state index in [1.165, 1.54) is 0 Å². The summed E-state index contributed by atoms with van der Waals surface area (Å²) in [6.07, 6.45) is 1.66. The average Bonchev–Trinajstić information content (AvgIpc) is 2.76. The van der Waals surface area contributed by atoms with Crippen LogP contribution in [-0.2, 0) is 0 Å². The monoisotopic (exact) mass is 243 g/mol. The van der Waals surface area contributed by atoms with Crippen molar-refractivity contribution in [1.29, 1.82) is 0 Å². The van der Waals surface area contributed by atoms with Gasteiger partial charge in [-0.3, -0.25) is 0 Å². The van der Waals surface area contributed by atoms with Crippen LogP contribution in [0.25, 0.3) is 16.9 Å². The topological polar surface area (TPSA) is 56.5 Å². The molecule has 84 valence electrons. The summed E-state index contributed by atoms with van der Waals surface area (Å²) in [5.74, 6) is 1.33. The van der Waals surface area contributed by atoms with Gasteiger partial charge in [-0.05, 0) is 19.1 Å². The van der Waals surface area contributed by atoms with Crippen molar-refractivity contribution in [3.05, 3.63) is 36.3 Å². The fourth-order valence-corrected chi connectivity index (χ4v) is 1.84. The third kappa shape index (κ3) is 1.66. The molecule has 0 unspecified atom stereocenters. The highest BCUT2D eigenvalue weighted by Gasteiger charge is 2.10. The molecule has 6 heteroatoms. The van der Waals surface area contributed by atoms with Gasteiger partial charge in [0.05, 0.1) is 10.4 Å². The second kappa shape index (κ2) is 3.81. The van der Waals surface area contributed by atoms with Crippen molar-refractivity contribution in [1.82, 2.24) is 25.0 Å². The summed E-state index contributed by atoms with van der Waals surface area (Å²) in [7, 11) is 0. The standard InChI is InChI=1S/C11H9N5S/c1-7-12-6-10(17)11(13-7)16-9-5-3-2-4-8(9)14-15-16/h2-6,17H,1H3. The van der Waals surface area contributed by atoms with E-state index in [1.807, 2.05) is 31.2 Å². The number of hydrogen-bond donors (Lipinski definition) is 1. The zero-order valence-corrected chi connectivity index (χ0v) is 9.96. The van der Waals surface area contributed by atoms with Gasteiger partial charge in [-0.25, -0.2) is 9.97 Å². The van der Waals surface area contributed by atoms with Crippen LogP contribution in [0.5, 0.6) is 0 Å². The molecule has 0 spiro atoms. The van der Waals surface area contributed by atoms with Crippen molar-refractivity contribution >= 4 is 23.7 Å². The van der Waals surface area contributed by atoms with Crippen LogP contribution in [0.3, 0.4) is 0 Å². The fraction of sp³-hybridized carbons (Fsp3) is 0.0909. The van der Waals surface area contributed by atoms with Gasteiger partial charge in [0.15, 0.2) is 5.82 Å². The van der Waals surface area contributed by atoms with E-state index in [-0.39, 0.29) is 0 Å². The van der Waals surface area contributed by atoms with Crippen molar-refractivity contribution in [3.63, 3.8) is 0 Å². The van der Waals surface area contributed by atoms with E-state index < -0.39 is 0 Å². The molecule has 0 fully saturated rings. The molecule has 0 aliphatic heterocycles. The molecular formula is C11H9N5S. The highest BCUT2D eigenvalue weighted by Crippen LogP contribution is 2.19. The number of benzene rings is 1. The molecule has 3 aromatic rings. The zero-order chi connectivity index (χ0) is 11.8. The lowest BCUT2D eigenvalue weighted by Crippen LogP contribution is -2.03. The van der Waals surface area contributed by atoms with Crippen LogP contribution in [0.2, 0.25) is 0 Å². The summed E-state index contributed by atoms with van der Waals surface area (Å²) in [6, 6.07) is 7.72. The minimum atomic E-state index is 0.648. The molecule has 0 bridgehead atoms. The third-order valence-corrected chi connectivity index (χ3v) is 2.74. The summed E-state index contributed by atoms with van der Waals surface area (Å²) in [4.78, 5) is 9.09. The molecule has 2 aromatic heterocycles. The number of aromatic nitrogens is 5. The lowest BCUT2D eigenvalue weighted by molar-refractivity contribution is 0.772. The first kappa shape index (κ1) is 10.2. The molecule has 2 heterocycles. The van der Waals surface area contributed by atoms with Crippen molar-refractivity contribution in [3.8, 4) is 5.82 Å². The van der Waals surface area contributed by atoms with Gasteiger partial charge in [0.1, 0.15) is 11.3 Å². The number of para-hydroxylation sites is 1. The summed E-state index contributed by atoms with van der Waals surface area (Å²) >= 11 is 4.34. The first-order chi connectivity index (χ1) is 8.25. The molecule has 1 aromatic carbocycles. The van der Waals surface area contributed by atoms with Crippen molar-refractivity contribution in [2.75, 3.05) is 0 Å². The number of fused-ring (bicyclic) bond motifs is 1. The van der Waals surface area contributed by atoms with Gasteiger partial charge in [-0.1, -0.05) is 17.3 Å². The van der Waals surface area contributed by atoms with Gasteiger partial charge in [0, 0.05) is 6.20 Å². The second-order valence-corrected chi connectivity index (χ2v) is 4.10. The number of aryl methyl sites for hydroxylation is 1. The quantitative estimate of drug-likeness (QED) is 0.662. The Morgan fingerprint density at radius 2 is 2.06 bits per heavy atom. The number of hydrogen-bond acceptors (Lipinski definition) is 5. The van der Waals surface area contributed by atoms with Gasteiger partial charge in [-0.15, -0.1) is 17.7 Å².